The van der Waals surface area contributed by atoms with Crippen LogP contribution >= 0.6 is 0 Å². The molecule has 2 fully saturated rings. The van der Waals surface area contributed by atoms with Crippen LogP contribution < -0.4 is 4.90 Å². The van der Waals surface area contributed by atoms with Crippen LogP contribution in [0.2, 0.25) is 0 Å². The highest BCUT2D eigenvalue weighted by Crippen LogP contribution is 2.42. The van der Waals surface area contributed by atoms with E-state index in [0.29, 0.717) is 0 Å². The maximum atomic E-state index is 12.9. The van der Waals surface area contributed by atoms with Gasteiger partial charge in [0.1, 0.15) is 0 Å². The number of benzene rings is 2. The van der Waals surface area contributed by atoms with E-state index in [1.165, 1.54) is 4.90 Å². The summed E-state index contributed by atoms with van der Waals surface area (Å²) in [6.45, 7) is 1.98. The van der Waals surface area contributed by atoms with E-state index in [1.807, 2.05) is 43.3 Å². The third kappa shape index (κ3) is 1.81. The zero-order chi connectivity index (χ0) is 15.3. The number of hydrogen-bond donors (Lipinski definition) is 0. The number of imide groups is 1. The Morgan fingerprint density at radius 1 is 0.909 bits per heavy atom. The largest absolute Gasteiger partial charge is 0.274 e. The van der Waals surface area contributed by atoms with Gasteiger partial charge in [-0.3, -0.25) is 9.59 Å². The molecule has 3 nitrogen and oxygen atoms in total. The molecular weight excluding hydrogens is 274 g/mol. The van der Waals surface area contributed by atoms with Gasteiger partial charge < -0.3 is 0 Å². The van der Waals surface area contributed by atoms with Gasteiger partial charge in [-0.15, -0.1) is 0 Å². The smallest absolute Gasteiger partial charge is 0.237 e. The summed E-state index contributed by atoms with van der Waals surface area (Å²) >= 11 is 0. The topological polar surface area (TPSA) is 37.4 Å². The number of fused-ring (bicyclic) bond motifs is 2. The Bertz CT molecular complexity index is 756. The summed E-state index contributed by atoms with van der Waals surface area (Å²) in [7, 11) is 0. The van der Waals surface area contributed by atoms with Crippen LogP contribution in [0, 0.1) is 18.8 Å². The van der Waals surface area contributed by atoms with Gasteiger partial charge in [-0.1, -0.05) is 49.2 Å². The van der Waals surface area contributed by atoms with Crippen LogP contribution in [0.5, 0.6) is 0 Å². The average molecular weight is 293 g/mol. The van der Waals surface area contributed by atoms with Crippen molar-refractivity contribution in [2.24, 2.45) is 11.8 Å². The van der Waals surface area contributed by atoms with Crippen molar-refractivity contribution in [1.29, 1.82) is 0 Å². The summed E-state index contributed by atoms with van der Waals surface area (Å²) in [6, 6.07) is 12.0. The summed E-state index contributed by atoms with van der Waals surface area (Å²) < 4.78 is 0. The van der Waals surface area contributed by atoms with Crippen LogP contribution in [0.3, 0.4) is 0 Å². The lowest BCUT2D eigenvalue weighted by atomic mass is 9.81. The standard InChI is InChI=1S/C19H19NO2/c1-12-10-11-13-6-2-3-7-14(13)17(12)20-18(21)15-8-4-5-9-16(15)19(20)22/h2-3,6-7,10-11,15-16H,4-5,8-9H2,1H3. The number of carbonyl (C=O) groups is 2. The summed E-state index contributed by atoms with van der Waals surface area (Å²) in [5, 5.41) is 2.06. The Morgan fingerprint density at radius 3 is 2.23 bits per heavy atom. The van der Waals surface area contributed by atoms with Crippen LogP contribution in [0.1, 0.15) is 31.2 Å². The van der Waals surface area contributed by atoms with E-state index < -0.39 is 0 Å². The van der Waals surface area contributed by atoms with Crippen molar-refractivity contribution < 1.29 is 9.59 Å². The Balaban J connectivity index is 1.90. The van der Waals surface area contributed by atoms with Gasteiger partial charge in [-0.2, -0.15) is 0 Å². The van der Waals surface area contributed by atoms with Gasteiger partial charge in [0.15, 0.2) is 0 Å². The first-order chi connectivity index (χ1) is 10.7. The molecule has 0 aromatic heterocycles. The summed E-state index contributed by atoms with van der Waals surface area (Å²) in [5.74, 6) is -0.178. The SMILES string of the molecule is Cc1ccc2ccccc2c1N1C(=O)C2CCCCC2C1=O. The molecule has 2 unspecified atom stereocenters. The fraction of sp³-hybridized carbons (Fsp3) is 0.368. The minimum atomic E-state index is -0.0976. The Hall–Kier alpha value is -2.16. The molecule has 1 saturated heterocycles. The van der Waals surface area contributed by atoms with Crippen LogP contribution in [-0.4, -0.2) is 11.8 Å². The van der Waals surface area contributed by atoms with Gasteiger partial charge in [-0.05, 0) is 30.7 Å². The molecule has 1 saturated carbocycles. The molecule has 2 amide bonds. The first-order valence-electron chi connectivity index (χ1n) is 8.04. The molecule has 0 radical (unpaired) electrons. The summed E-state index contributed by atoms with van der Waals surface area (Å²) in [6.07, 6.45) is 3.83. The molecule has 0 bridgehead atoms. The molecule has 0 N–H and O–H groups in total. The van der Waals surface area contributed by atoms with Gasteiger partial charge in [0.05, 0.1) is 17.5 Å². The van der Waals surface area contributed by atoms with Crippen LogP contribution in [0.4, 0.5) is 5.69 Å². The zero-order valence-electron chi connectivity index (χ0n) is 12.7. The molecule has 3 heteroatoms. The fourth-order valence-electron chi connectivity index (χ4n) is 4.04. The van der Waals surface area contributed by atoms with Crippen molar-refractivity contribution >= 4 is 28.3 Å². The Kier molecular flexibility index (Phi) is 3.03. The number of aryl methyl sites for hydroxylation is 1. The molecule has 1 heterocycles. The second-order valence-electron chi connectivity index (χ2n) is 6.46. The van der Waals surface area contributed by atoms with E-state index in [1.54, 1.807) is 0 Å². The fourth-order valence-corrected chi connectivity index (χ4v) is 4.04. The lowest BCUT2D eigenvalue weighted by molar-refractivity contribution is -0.122. The minimum absolute atomic E-state index is 0.00848. The Morgan fingerprint density at radius 2 is 1.55 bits per heavy atom. The highest BCUT2D eigenvalue weighted by Gasteiger charge is 2.49. The second kappa shape index (κ2) is 4.94. The van der Waals surface area contributed by atoms with E-state index >= 15 is 0 Å². The molecule has 1 aliphatic carbocycles. The van der Waals surface area contributed by atoms with Crippen LogP contribution in [0.25, 0.3) is 10.8 Å². The van der Waals surface area contributed by atoms with Crippen molar-refractivity contribution in [3.8, 4) is 0 Å². The number of amides is 2. The third-order valence-corrected chi connectivity index (χ3v) is 5.17. The van der Waals surface area contributed by atoms with Crippen molar-refractivity contribution in [3.63, 3.8) is 0 Å². The van der Waals surface area contributed by atoms with Gasteiger partial charge in [-0.25, -0.2) is 4.90 Å². The molecule has 1 aliphatic heterocycles. The van der Waals surface area contributed by atoms with Crippen molar-refractivity contribution in [2.75, 3.05) is 4.90 Å². The average Bonchev–Trinajstić information content (AvgIpc) is 2.80. The normalized spacial score (nSPS) is 24.9. The maximum Gasteiger partial charge on any atom is 0.237 e. The first-order valence-corrected chi connectivity index (χ1v) is 8.04. The number of hydrogen-bond acceptors (Lipinski definition) is 2. The monoisotopic (exact) mass is 293 g/mol. The molecule has 22 heavy (non-hydrogen) atoms. The lowest BCUT2D eigenvalue weighted by Crippen LogP contribution is -2.31. The molecule has 2 aromatic carbocycles. The molecule has 4 rings (SSSR count). The van der Waals surface area contributed by atoms with Crippen molar-refractivity contribution in [3.05, 3.63) is 42.0 Å². The molecule has 112 valence electrons. The third-order valence-electron chi connectivity index (χ3n) is 5.17. The molecule has 0 spiro atoms. The van der Waals surface area contributed by atoms with E-state index in [0.717, 1.165) is 47.7 Å². The molecule has 2 atom stereocenters. The van der Waals surface area contributed by atoms with E-state index in [-0.39, 0.29) is 23.7 Å². The predicted octanol–water partition coefficient (Wildman–Crippen LogP) is 3.83. The van der Waals surface area contributed by atoms with Gasteiger partial charge in [0.2, 0.25) is 11.8 Å². The Labute approximate surface area is 129 Å². The quantitative estimate of drug-likeness (QED) is 0.749. The predicted molar refractivity (Wildman–Crippen MR) is 86.6 cm³/mol. The van der Waals surface area contributed by atoms with E-state index in [9.17, 15) is 9.59 Å². The summed E-state index contributed by atoms with van der Waals surface area (Å²) in [5.41, 5.74) is 1.78. The lowest BCUT2D eigenvalue weighted by Gasteiger charge is -2.20. The second-order valence-corrected chi connectivity index (χ2v) is 6.46. The zero-order valence-corrected chi connectivity index (χ0v) is 12.7. The number of rotatable bonds is 1. The van der Waals surface area contributed by atoms with Crippen LogP contribution in [0.15, 0.2) is 36.4 Å². The number of nitrogens with zero attached hydrogens (tertiary/aromatic N) is 1. The van der Waals surface area contributed by atoms with Gasteiger partial charge in [0, 0.05) is 5.39 Å². The van der Waals surface area contributed by atoms with Gasteiger partial charge >= 0.3 is 0 Å². The van der Waals surface area contributed by atoms with Crippen LogP contribution in [-0.2, 0) is 9.59 Å². The molecule has 2 aromatic rings. The minimum Gasteiger partial charge on any atom is -0.274 e. The maximum absolute atomic E-state index is 12.9. The molecule has 2 aliphatic rings. The van der Waals surface area contributed by atoms with Crippen molar-refractivity contribution in [1.82, 2.24) is 0 Å². The first kappa shape index (κ1) is 13.5. The number of anilines is 1. The summed E-state index contributed by atoms with van der Waals surface area (Å²) in [4.78, 5) is 27.2. The number of carbonyl (C=O) groups excluding carboxylic acids is 2. The highest BCUT2D eigenvalue weighted by molar-refractivity contribution is 6.25. The van der Waals surface area contributed by atoms with E-state index in [2.05, 4.69) is 0 Å². The van der Waals surface area contributed by atoms with Gasteiger partial charge in [0.25, 0.3) is 0 Å². The molecular formula is C19H19NO2. The van der Waals surface area contributed by atoms with E-state index in [4.69, 9.17) is 0 Å². The van der Waals surface area contributed by atoms with Crippen molar-refractivity contribution in [2.45, 2.75) is 32.6 Å². The highest BCUT2D eigenvalue weighted by atomic mass is 16.2.